The molecule has 0 radical (unpaired) electrons. The van der Waals surface area contributed by atoms with Crippen LogP contribution in [0.4, 0.5) is 17.6 Å². The number of nitrogens with two attached hydrogens (primary N) is 1. The van der Waals surface area contributed by atoms with Crippen LogP contribution in [0.25, 0.3) is 0 Å². The van der Waals surface area contributed by atoms with Crippen molar-refractivity contribution in [1.29, 1.82) is 0 Å². The highest BCUT2D eigenvalue weighted by molar-refractivity contribution is 8.76. The van der Waals surface area contributed by atoms with E-state index in [0.717, 1.165) is 16.4 Å². The lowest BCUT2D eigenvalue weighted by atomic mass is 10.1. The summed E-state index contributed by atoms with van der Waals surface area (Å²) in [6.07, 6.45) is -3.11. The topological polar surface area (TPSA) is 44.5 Å². The molecule has 0 atom stereocenters. The maximum Gasteiger partial charge on any atom is 0.317 e. The van der Waals surface area contributed by atoms with Gasteiger partial charge in [0, 0.05) is 0 Å². The first-order valence-corrected chi connectivity index (χ1v) is 8.58. The van der Waals surface area contributed by atoms with Crippen LogP contribution in [0.2, 0.25) is 0 Å². The van der Waals surface area contributed by atoms with E-state index >= 15 is 0 Å². The molecule has 0 heterocycles. The molecule has 2 N–H and O–H groups in total. The lowest BCUT2D eigenvalue weighted by Gasteiger charge is -2.16. The second-order valence-electron chi connectivity index (χ2n) is 4.26. The van der Waals surface area contributed by atoms with E-state index in [1.165, 1.54) is 14.2 Å². The molecule has 0 aliphatic rings. The van der Waals surface area contributed by atoms with Crippen molar-refractivity contribution < 1.29 is 27.0 Å². The summed E-state index contributed by atoms with van der Waals surface area (Å²) in [7, 11) is 4.50. The molecular weight excluding hydrogens is 342 g/mol. The van der Waals surface area contributed by atoms with Gasteiger partial charge < -0.3 is 15.2 Å². The van der Waals surface area contributed by atoms with Gasteiger partial charge in [0.05, 0.1) is 24.9 Å². The number of methoxy groups -OCH3 is 2. The highest BCUT2D eigenvalue weighted by Gasteiger charge is 2.40. The van der Waals surface area contributed by atoms with Crippen molar-refractivity contribution in [2.45, 2.75) is 23.7 Å². The van der Waals surface area contributed by atoms with Crippen LogP contribution in [0.3, 0.4) is 0 Å². The quantitative estimate of drug-likeness (QED) is 0.536. The Morgan fingerprint density at radius 3 is 2.32 bits per heavy atom. The van der Waals surface area contributed by atoms with Gasteiger partial charge in [0.25, 0.3) is 0 Å². The molecule has 1 rings (SSSR count). The molecule has 0 aromatic heterocycles. The van der Waals surface area contributed by atoms with Crippen molar-refractivity contribution >= 4 is 21.6 Å². The number of ether oxygens (including phenoxy) is 2. The van der Waals surface area contributed by atoms with Crippen molar-refractivity contribution in [2.75, 3.05) is 26.5 Å². The Morgan fingerprint density at radius 2 is 1.82 bits per heavy atom. The first-order valence-electron chi connectivity index (χ1n) is 6.26. The largest absolute Gasteiger partial charge is 0.496 e. The van der Waals surface area contributed by atoms with Crippen LogP contribution in [-0.4, -0.2) is 38.9 Å². The van der Waals surface area contributed by atoms with Gasteiger partial charge in [-0.2, -0.15) is 8.78 Å². The average Bonchev–Trinajstić information content (AvgIpc) is 2.47. The van der Waals surface area contributed by atoms with Crippen molar-refractivity contribution in [3.8, 4) is 11.5 Å². The van der Waals surface area contributed by atoms with E-state index in [2.05, 4.69) is 0 Å². The monoisotopic (exact) mass is 359 g/mol. The van der Waals surface area contributed by atoms with Crippen molar-refractivity contribution in [2.24, 2.45) is 5.73 Å². The predicted molar refractivity (Wildman–Crippen MR) is 81.6 cm³/mol. The number of rotatable bonds is 9. The number of benzene rings is 1. The van der Waals surface area contributed by atoms with E-state index in [1.807, 2.05) is 0 Å². The molecule has 0 aliphatic heterocycles. The number of alkyl halides is 4. The zero-order valence-electron chi connectivity index (χ0n) is 12.1. The molecule has 0 saturated carbocycles. The normalized spacial score (nSPS) is 11.8. The first-order chi connectivity index (χ1) is 10.4. The molecular formula is C13H17F4NO2S2. The molecule has 0 bridgehead atoms. The second-order valence-corrected chi connectivity index (χ2v) is 6.60. The van der Waals surface area contributed by atoms with Crippen LogP contribution in [0.15, 0.2) is 17.0 Å². The molecule has 9 heteroatoms. The minimum absolute atomic E-state index is 0.418. The van der Waals surface area contributed by atoms with Gasteiger partial charge in [0.15, 0.2) is 0 Å². The molecule has 3 nitrogen and oxygen atoms in total. The van der Waals surface area contributed by atoms with Crippen LogP contribution in [-0.2, 0) is 6.42 Å². The fourth-order valence-electron chi connectivity index (χ4n) is 1.58. The van der Waals surface area contributed by atoms with E-state index < -0.39 is 18.1 Å². The van der Waals surface area contributed by atoms with Gasteiger partial charge in [-0.25, -0.2) is 8.78 Å². The molecule has 1 aromatic rings. The average molecular weight is 359 g/mol. The Kier molecular flexibility index (Phi) is 7.64. The first kappa shape index (κ1) is 19.2. The highest BCUT2D eigenvalue weighted by atomic mass is 33.1. The second kappa shape index (κ2) is 8.73. The zero-order valence-corrected chi connectivity index (χ0v) is 13.7. The maximum absolute atomic E-state index is 12.9. The predicted octanol–water partition coefficient (Wildman–Crippen LogP) is 3.85. The third kappa shape index (κ3) is 5.13. The van der Waals surface area contributed by atoms with Crippen LogP contribution < -0.4 is 15.2 Å². The van der Waals surface area contributed by atoms with E-state index in [0.29, 0.717) is 40.2 Å². The van der Waals surface area contributed by atoms with Gasteiger partial charge in [-0.05, 0) is 30.7 Å². The summed E-state index contributed by atoms with van der Waals surface area (Å²) in [5.41, 5.74) is 6.34. The fraction of sp³-hybridized carbons (Fsp3) is 0.538. The number of hydrogen-bond acceptors (Lipinski definition) is 5. The molecule has 0 amide bonds. The SMILES string of the molecule is COc1cc(SSCC(F)(F)C(F)F)c(OC)cc1CCN. The highest BCUT2D eigenvalue weighted by Crippen LogP contribution is 2.43. The number of halogens is 4. The molecule has 0 aliphatic carbocycles. The van der Waals surface area contributed by atoms with Gasteiger partial charge in [-0.15, -0.1) is 0 Å². The summed E-state index contributed by atoms with van der Waals surface area (Å²) in [4.78, 5) is 0.523. The molecule has 1 aromatic carbocycles. The van der Waals surface area contributed by atoms with Crippen LogP contribution >= 0.6 is 21.6 Å². The summed E-state index contributed by atoms with van der Waals surface area (Å²) in [6.45, 7) is 0.418. The summed E-state index contributed by atoms with van der Waals surface area (Å²) in [5, 5.41) is 0. The van der Waals surface area contributed by atoms with Crippen LogP contribution in [0.1, 0.15) is 5.56 Å². The van der Waals surface area contributed by atoms with Gasteiger partial charge >= 0.3 is 12.3 Å². The van der Waals surface area contributed by atoms with Gasteiger partial charge in [0.2, 0.25) is 0 Å². The Bertz CT molecular complexity index is 489. The molecule has 0 unspecified atom stereocenters. The van der Waals surface area contributed by atoms with Gasteiger partial charge in [-0.3, -0.25) is 0 Å². The van der Waals surface area contributed by atoms with Crippen molar-refractivity contribution in [3.05, 3.63) is 17.7 Å². The minimum atomic E-state index is -4.02. The fourth-order valence-corrected chi connectivity index (χ4v) is 3.85. The summed E-state index contributed by atoms with van der Waals surface area (Å²) in [6, 6.07) is 3.34. The van der Waals surface area contributed by atoms with E-state index in [1.54, 1.807) is 12.1 Å². The molecule has 0 spiro atoms. The van der Waals surface area contributed by atoms with E-state index in [-0.39, 0.29) is 0 Å². The third-order valence-electron chi connectivity index (χ3n) is 2.70. The Morgan fingerprint density at radius 1 is 1.18 bits per heavy atom. The summed E-state index contributed by atoms with van der Waals surface area (Å²) >= 11 is 0. The van der Waals surface area contributed by atoms with E-state index in [9.17, 15) is 17.6 Å². The lowest BCUT2D eigenvalue weighted by Crippen LogP contribution is -2.28. The molecule has 22 heavy (non-hydrogen) atoms. The molecule has 126 valence electrons. The number of hydrogen-bond donors (Lipinski definition) is 1. The minimum Gasteiger partial charge on any atom is -0.496 e. The Hall–Kier alpha value is -0.800. The molecule has 0 saturated heterocycles. The van der Waals surface area contributed by atoms with Gasteiger partial charge in [0.1, 0.15) is 11.5 Å². The van der Waals surface area contributed by atoms with Crippen molar-refractivity contribution in [1.82, 2.24) is 0 Å². The Balaban J connectivity index is 2.85. The van der Waals surface area contributed by atoms with Crippen molar-refractivity contribution in [3.63, 3.8) is 0 Å². The van der Waals surface area contributed by atoms with Crippen LogP contribution in [0, 0.1) is 0 Å². The van der Waals surface area contributed by atoms with E-state index in [4.69, 9.17) is 15.2 Å². The standard InChI is InChI=1S/C13H17F4NO2S2/c1-19-9-6-11(10(20-2)5-8(9)3-4-18)22-21-7-13(16,17)12(14)15/h5-6,12H,3-4,7,18H2,1-2H3. The molecule has 0 fully saturated rings. The zero-order chi connectivity index (χ0) is 16.8. The summed E-state index contributed by atoms with van der Waals surface area (Å²) in [5.74, 6) is -4.00. The lowest BCUT2D eigenvalue weighted by molar-refractivity contribution is -0.109. The van der Waals surface area contributed by atoms with Gasteiger partial charge in [-0.1, -0.05) is 21.6 Å². The maximum atomic E-state index is 12.9. The smallest absolute Gasteiger partial charge is 0.317 e. The third-order valence-corrected chi connectivity index (χ3v) is 5.06. The summed E-state index contributed by atoms with van der Waals surface area (Å²) < 4.78 is 60.4. The van der Waals surface area contributed by atoms with Crippen LogP contribution in [0.5, 0.6) is 11.5 Å². The Labute approximate surface area is 134 Å².